The molecule has 3 aromatic carbocycles. The molecular weight excluding hydrogens is 304 g/mol. The average molecular weight is 322 g/mol. The van der Waals surface area contributed by atoms with Gasteiger partial charge in [-0.05, 0) is 35.7 Å². The maximum atomic E-state index is 4.70. The Morgan fingerprint density at radius 2 is 1.00 bits per heavy atom. The van der Waals surface area contributed by atoms with E-state index >= 15 is 0 Å². The smallest absolute Gasteiger partial charge is 0.0445 e. The number of hydrogen-bond donors (Lipinski definition) is 2. The predicted octanol–water partition coefficient (Wildman–Crippen LogP) is 5.62. The van der Waals surface area contributed by atoms with Crippen LogP contribution in [0.25, 0.3) is 0 Å². The Morgan fingerprint density at radius 1 is 0.591 bits per heavy atom. The summed E-state index contributed by atoms with van der Waals surface area (Å²) in [7, 11) is 0. The van der Waals surface area contributed by atoms with Gasteiger partial charge in [-0.1, -0.05) is 66.7 Å². The van der Waals surface area contributed by atoms with Crippen LogP contribution in [0.3, 0.4) is 0 Å². The van der Waals surface area contributed by atoms with Crippen molar-refractivity contribution in [2.45, 2.75) is 22.1 Å². The summed E-state index contributed by atoms with van der Waals surface area (Å²) in [5.74, 6) is 0. The fourth-order valence-corrected chi connectivity index (χ4v) is 3.79. The van der Waals surface area contributed by atoms with Crippen LogP contribution in [-0.2, 0) is 5.41 Å². The minimum Gasteiger partial charge on any atom is -0.143 e. The van der Waals surface area contributed by atoms with Crippen LogP contribution in [0.1, 0.15) is 23.6 Å². The zero-order valence-electron chi connectivity index (χ0n) is 12.4. The second-order valence-corrected chi connectivity index (χ2v) is 6.49. The van der Waals surface area contributed by atoms with E-state index in [0.29, 0.717) is 0 Å². The van der Waals surface area contributed by atoms with Crippen LogP contribution in [0.5, 0.6) is 0 Å². The summed E-state index contributed by atoms with van der Waals surface area (Å²) >= 11 is 9.40. The van der Waals surface area contributed by atoms with Crippen molar-refractivity contribution < 1.29 is 0 Å². The quantitative estimate of drug-likeness (QED) is 0.454. The van der Waals surface area contributed by atoms with E-state index in [0.717, 1.165) is 9.79 Å². The van der Waals surface area contributed by atoms with Gasteiger partial charge in [0.25, 0.3) is 0 Å². The lowest BCUT2D eigenvalue weighted by molar-refractivity contribution is 0.663. The van der Waals surface area contributed by atoms with E-state index in [4.69, 9.17) is 25.3 Å². The number of thiol groups is 2. The van der Waals surface area contributed by atoms with Crippen LogP contribution in [0.15, 0.2) is 88.7 Å². The maximum Gasteiger partial charge on any atom is 0.0445 e. The van der Waals surface area contributed by atoms with Crippen molar-refractivity contribution in [3.63, 3.8) is 0 Å². The molecule has 0 saturated carbocycles. The Balaban J connectivity index is 2.33. The molecule has 0 spiro atoms. The van der Waals surface area contributed by atoms with E-state index < -0.39 is 0 Å². The summed E-state index contributed by atoms with van der Waals surface area (Å²) in [6.45, 7) is 2.24. The molecular formula is C20H18S2. The highest BCUT2D eigenvalue weighted by molar-refractivity contribution is 7.80. The van der Waals surface area contributed by atoms with Gasteiger partial charge >= 0.3 is 0 Å². The zero-order valence-corrected chi connectivity index (χ0v) is 14.2. The third kappa shape index (κ3) is 2.57. The number of hydrogen-bond acceptors (Lipinski definition) is 2. The van der Waals surface area contributed by atoms with E-state index in [1.165, 1.54) is 16.7 Å². The molecule has 110 valence electrons. The van der Waals surface area contributed by atoms with Crippen LogP contribution < -0.4 is 0 Å². The highest BCUT2D eigenvalue weighted by atomic mass is 32.1. The van der Waals surface area contributed by atoms with Crippen molar-refractivity contribution >= 4 is 25.3 Å². The molecule has 22 heavy (non-hydrogen) atoms. The minimum atomic E-state index is -0.294. The SMILES string of the molecule is CC(c1ccccc1)(c1ccccc1S)c1ccccc1S. The van der Waals surface area contributed by atoms with E-state index in [-0.39, 0.29) is 5.41 Å². The lowest BCUT2D eigenvalue weighted by Crippen LogP contribution is -2.26. The van der Waals surface area contributed by atoms with Crippen LogP contribution in [0, 0.1) is 0 Å². The molecule has 3 rings (SSSR count). The Labute approximate surface area is 143 Å². The standard InChI is InChI=1S/C20H18S2/c1-20(15-9-3-2-4-10-15,16-11-5-7-13-18(16)21)17-12-6-8-14-19(17)22/h2-14,21-22H,1H3. The predicted molar refractivity (Wildman–Crippen MR) is 99.4 cm³/mol. The Hall–Kier alpha value is -1.64. The van der Waals surface area contributed by atoms with Crippen molar-refractivity contribution in [1.29, 1.82) is 0 Å². The first kappa shape index (κ1) is 15.3. The third-order valence-electron chi connectivity index (χ3n) is 4.24. The molecule has 0 N–H and O–H groups in total. The molecule has 0 nitrogen and oxygen atoms in total. The minimum absolute atomic E-state index is 0.294. The van der Waals surface area contributed by atoms with Crippen LogP contribution >= 0.6 is 25.3 Å². The largest absolute Gasteiger partial charge is 0.143 e. The van der Waals surface area contributed by atoms with Crippen LogP contribution in [-0.4, -0.2) is 0 Å². The van der Waals surface area contributed by atoms with Gasteiger partial charge < -0.3 is 0 Å². The summed E-state index contributed by atoms with van der Waals surface area (Å²) < 4.78 is 0. The monoisotopic (exact) mass is 322 g/mol. The molecule has 0 aliphatic heterocycles. The second kappa shape index (κ2) is 6.23. The highest BCUT2D eigenvalue weighted by Crippen LogP contribution is 2.43. The lowest BCUT2D eigenvalue weighted by Gasteiger charge is -2.33. The first-order valence-electron chi connectivity index (χ1n) is 7.26. The van der Waals surface area contributed by atoms with Crippen LogP contribution in [0.2, 0.25) is 0 Å². The molecule has 0 radical (unpaired) electrons. The first-order chi connectivity index (χ1) is 10.6. The van der Waals surface area contributed by atoms with Gasteiger partial charge in [0.1, 0.15) is 0 Å². The fraction of sp³-hybridized carbons (Fsp3) is 0.100. The van der Waals surface area contributed by atoms with Crippen molar-refractivity contribution in [3.05, 3.63) is 95.6 Å². The lowest BCUT2D eigenvalue weighted by atomic mass is 9.71. The molecule has 0 aliphatic rings. The molecule has 0 heterocycles. The summed E-state index contributed by atoms with van der Waals surface area (Å²) in [5, 5.41) is 0. The first-order valence-corrected chi connectivity index (χ1v) is 8.16. The van der Waals surface area contributed by atoms with Gasteiger partial charge in [0.15, 0.2) is 0 Å². The topological polar surface area (TPSA) is 0 Å². The average Bonchev–Trinajstić information content (AvgIpc) is 2.56. The second-order valence-electron chi connectivity index (χ2n) is 5.53. The molecule has 0 aliphatic carbocycles. The Kier molecular flexibility index (Phi) is 4.32. The molecule has 0 aromatic heterocycles. The Bertz CT molecular complexity index is 733. The summed E-state index contributed by atoms with van der Waals surface area (Å²) in [6.07, 6.45) is 0. The van der Waals surface area contributed by atoms with Crippen molar-refractivity contribution in [2.75, 3.05) is 0 Å². The van der Waals surface area contributed by atoms with Crippen molar-refractivity contribution in [2.24, 2.45) is 0 Å². The molecule has 3 aromatic rings. The molecule has 0 amide bonds. The normalized spacial score (nSPS) is 11.4. The van der Waals surface area contributed by atoms with E-state index in [1.807, 2.05) is 30.3 Å². The molecule has 0 saturated heterocycles. The summed E-state index contributed by atoms with van der Waals surface area (Å²) in [6, 6.07) is 27.1. The summed E-state index contributed by atoms with van der Waals surface area (Å²) in [4.78, 5) is 1.98. The van der Waals surface area contributed by atoms with Gasteiger partial charge in [-0.3, -0.25) is 0 Å². The van der Waals surface area contributed by atoms with Gasteiger partial charge in [0.05, 0.1) is 0 Å². The van der Waals surface area contributed by atoms with Crippen LogP contribution in [0.4, 0.5) is 0 Å². The molecule has 0 fully saturated rings. The van der Waals surface area contributed by atoms with Gasteiger partial charge in [0.2, 0.25) is 0 Å². The molecule has 0 bridgehead atoms. The van der Waals surface area contributed by atoms with Gasteiger partial charge in [-0.25, -0.2) is 0 Å². The summed E-state index contributed by atoms with van der Waals surface area (Å²) in [5.41, 5.74) is 3.31. The number of rotatable bonds is 3. The van der Waals surface area contributed by atoms with Crippen molar-refractivity contribution in [3.8, 4) is 0 Å². The third-order valence-corrected chi connectivity index (χ3v) is 5.02. The zero-order chi connectivity index (χ0) is 15.6. The maximum absolute atomic E-state index is 4.70. The molecule has 0 unspecified atom stereocenters. The Morgan fingerprint density at radius 3 is 1.45 bits per heavy atom. The van der Waals surface area contributed by atoms with Gasteiger partial charge in [0, 0.05) is 15.2 Å². The molecule has 2 heteroatoms. The molecule has 0 atom stereocenters. The van der Waals surface area contributed by atoms with E-state index in [2.05, 4.69) is 55.5 Å². The van der Waals surface area contributed by atoms with E-state index in [9.17, 15) is 0 Å². The number of benzene rings is 3. The van der Waals surface area contributed by atoms with Gasteiger partial charge in [-0.2, -0.15) is 0 Å². The fourth-order valence-electron chi connectivity index (χ4n) is 3.02. The highest BCUT2D eigenvalue weighted by Gasteiger charge is 2.33. The van der Waals surface area contributed by atoms with Gasteiger partial charge in [-0.15, -0.1) is 25.3 Å². The van der Waals surface area contributed by atoms with Crippen molar-refractivity contribution in [1.82, 2.24) is 0 Å². The van der Waals surface area contributed by atoms with E-state index in [1.54, 1.807) is 0 Å².